The predicted octanol–water partition coefficient (Wildman–Crippen LogP) is 0.899. The number of carbonyl (C=O) groups excluding carboxylic acids is 4. The summed E-state index contributed by atoms with van der Waals surface area (Å²) in [5.41, 5.74) is 1.67. The number of aliphatic carboxylic acids is 5. The average molecular weight is 791 g/mol. The SMILES string of the molecule is CC(=O)NCc1cc(COc2ccc(CCNC(=O)CC[C@H](NC(=O)CC[C@H](NC(=O)CCC(C(=O)O)C(CCC(=O)O)C(=O)O)C(=O)O)C(=O)O)cc2)co1. The number of carbonyl (C=O) groups is 9. The third-order valence-electron chi connectivity index (χ3n) is 8.34. The maximum atomic E-state index is 12.5. The molecule has 1 aromatic carbocycles. The van der Waals surface area contributed by atoms with Crippen LogP contribution in [-0.4, -0.2) is 97.6 Å². The summed E-state index contributed by atoms with van der Waals surface area (Å²) in [4.78, 5) is 106. The molecule has 0 saturated heterocycles. The van der Waals surface area contributed by atoms with Crippen molar-refractivity contribution in [1.82, 2.24) is 21.3 Å². The molecule has 1 aromatic heterocycles. The molecular weight excluding hydrogens is 744 g/mol. The molecule has 0 bridgehead atoms. The Morgan fingerprint density at radius 1 is 0.643 bits per heavy atom. The molecule has 0 radical (unpaired) electrons. The van der Waals surface area contributed by atoms with Gasteiger partial charge in [-0.25, -0.2) is 9.59 Å². The second-order valence-electron chi connectivity index (χ2n) is 12.7. The van der Waals surface area contributed by atoms with Gasteiger partial charge < -0.3 is 56.0 Å². The van der Waals surface area contributed by atoms with Gasteiger partial charge in [0, 0.05) is 44.7 Å². The smallest absolute Gasteiger partial charge is 0.326 e. The Kier molecular flexibility index (Phi) is 19.0. The number of rotatable bonds is 27. The van der Waals surface area contributed by atoms with Crippen molar-refractivity contribution in [1.29, 1.82) is 0 Å². The highest BCUT2D eigenvalue weighted by Crippen LogP contribution is 2.24. The molecule has 0 fully saturated rings. The molecule has 1 heterocycles. The lowest BCUT2D eigenvalue weighted by atomic mass is 9.85. The van der Waals surface area contributed by atoms with Gasteiger partial charge in [0.1, 0.15) is 30.2 Å². The Morgan fingerprint density at radius 3 is 1.66 bits per heavy atom. The zero-order valence-electron chi connectivity index (χ0n) is 30.5. The third kappa shape index (κ3) is 17.6. The van der Waals surface area contributed by atoms with Gasteiger partial charge in [0.2, 0.25) is 23.6 Å². The van der Waals surface area contributed by atoms with E-state index in [2.05, 4.69) is 21.3 Å². The van der Waals surface area contributed by atoms with Gasteiger partial charge in [0.05, 0.1) is 24.6 Å². The average Bonchev–Trinajstić information content (AvgIpc) is 3.59. The lowest BCUT2D eigenvalue weighted by Crippen LogP contribution is -2.44. The van der Waals surface area contributed by atoms with Crippen molar-refractivity contribution in [2.24, 2.45) is 11.8 Å². The molecule has 4 amide bonds. The van der Waals surface area contributed by atoms with E-state index >= 15 is 0 Å². The van der Waals surface area contributed by atoms with Crippen molar-refractivity contribution in [2.75, 3.05) is 6.54 Å². The zero-order valence-corrected chi connectivity index (χ0v) is 30.5. The Morgan fingerprint density at radius 2 is 1.16 bits per heavy atom. The van der Waals surface area contributed by atoms with Gasteiger partial charge in [0.25, 0.3) is 0 Å². The van der Waals surface area contributed by atoms with Crippen LogP contribution in [0, 0.1) is 11.8 Å². The second-order valence-corrected chi connectivity index (χ2v) is 12.7. The molecule has 0 spiro atoms. The number of benzene rings is 1. The molecule has 2 unspecified atom stereocenters. The van der Waals surface area contributed by atoms with Crippen LogP contribution < -0.4 is 26.0 Å². The van der Waals surface area contributed by atoms with Crippen molar-refractivity contribution in [3.8, 4) is 5.75 Å². The van der Waals surface area contributed by atoms with E-state index in [1.165, 1.54) is 13.2 Å². The minimum atomic E-state index is -1.64. The first-order valence-corrected chi connectivity index (χ1v) is 17.5. The first kappa shape index (κ1) is 45.7. The largest absolute Gasteiger partial charge is 0.489 e. The molecule has 56 heavy (non-hydrogen) atoms. The molecule has 20 heteroatoms. The Hall–Kier alpha value is -6.47. The number of nitrogens with one attached hydrogen (secondary N) is 4. The first-order valence-electron chi connectivity index (χ1n) is 17.5. The van der Waals surface area contributed by atoms with Crippen molar-refractivity contribution in [3.63, 3.8) is 0 Å². The Bertz CT molecular complexity index is 1710. The minimum Gasteiger partial charge on any atom is -0.489 e. The van der Waals surface area contributed by atoms with E-state index in [-0.39, 0.29) is 38.4 Å². The number of furan rings is 1. The molecule has 20 nitrogen and oxygen atoms in total. The lowest BCUT2D eigenvalue weighted by Gasteiger charge is -2.20. The first-order chi connectivity index (χ1) is 26.4. The summed E-state index contributed by atoms with van der Waals surface area (Å²) in [6.07, 6.45) is -1.87. The molecular formula is C36H46N4O16. The van der Waals surface area contributed by atoms with Gasteiger partial charge in [-0.3, -0.25) is 33.6 Å². The quantitative estimate of drug-likeness (QED) is 0.0607. The maximum absolute atomic E-state index is 12.5. The van der Waals surface area contributed by atoms with Crippen LogP contribution in [0.5, 0.6) is 5.75 Å². The molecule has 306 valence electrons. The number of carboxylic acid groups (broad SMARTS) is 5. The van der Waals surface area contributed by atoms with Crippen LogP contribution in [0.25, 0.3) is 0 Å². The third-order valence-corrected chi connectivity index (χ3v) is 8.34. The number of amides is 4. The molecule has 0 aliphatic heterocycles. The van der Waals surface area contributed by atoms with Crippen LogP contribution in [0.1, 0.15) is 75.2 Å². The lowest BCUT2D eigenvalue weighted by molar-refractivity contribution is -0.155. The van der Waals surface area contributed by atoms with E-state index in [0.29, 0.717) is 17.9 Å². The van der Waals surface area contributed by atoms with Gasteiger partial charge in [-0.15, -0.1) is 0 Å². The van der Waals surface area contributed by atoms with Gasteiger partial charge >= 0.3 is 29.8 Å². The molecule has 0 aliphatic carbocycles. The highest BCUT2D eigenvalue weighted by molar-refractivity contribution is 5.87. The number of carboxylic acids is 5. The van der Waals surface area contributed by atoms with E-state index in [0.717, 1.165) is 11.1 Å². The standard InChI is InChI=1S/C36H46N4O16/c1-20(41)38-17-24-16-22(19-56-24)18-55-23-4-2-21(3-5-23)14-15-37-29(42)11-8-27(35(51)52)40-31(44)12-9-28(36(53)54)39-30(43)10-6-25(33(47)48)26(34(49)50)7-13-32(45)46/h2-5,16,19,25-28H,6-15,17-18H2,1H3,(H,37,42)(H,38,41)(H,39,43)(H,40,44)(H,45,46)(H,47,48)(H,49,50)(H,51,52)(H,53,54)/t25?,26?,27-,28-/m0/s1. The fourth-order valence-electron chi connectivity index (χ4n) is 5.32. The summed E-state index contributed by atoms with van der Waals surface area (Å²) >= 11 is 0. The summed E-state index contributed by atoms with van der Waals surface area (Å²) in [5, 5.41) is 56.3. The Labute approximate surface area is 320 Å². The molecule has 0 aliphatic rings. The van der Waals surface area contributed by atoms with Crippen LogP contribution in [0.3, 0.4) is 0 Å². The van der Waals surface area contributed by atoms with Gasteiger partial charge in [-0.05, 0) is 55.9 Å². The summed E-state index contributed by atoms with van der Waals surface area (Å²) in [6.45, 7) is 2.16. The molecule has 4 atom stereocenters. The normalized spacial score (nSPS) is 12.9. The van der Waals surface area contributed by atoms with Crippen molar-refractivity contribution in [2.45, 2.75) is 89.9 Å². The van der Waals surface area contributed by atoms with Crippen molar-refractivity contribution >= 4 is 53.5 Å². The van der Waals surface area contributed by atoms with E-state index in [1.807, 2.05) is 12.1 Å². The van der Waals surface area contributed by atoms with Gasteiger partial charge in [0.15, 0.2) is 0 Å². The highest BCUT2D eigenvalue weighted by Gasteiger charge is 2.34. The number of hydrogen-bond donors (Lipinski definition) is 9. The zero-order chi connectivity index (χ0) is 41.8. The molecule has 9 N–H and O–H groups in total. The van der Waals surface area contributed by atoms with Crippen molar-refractivity contribution < 1.29 is 77.8 Å². The van der Waals surface area contributed by atoms with E-state index in [4.69, 9.17) is 14.3 Å². The molecule has 0 saturated carbocycles. The van der Waals surface area contributed by atoms with Gasteiger partial charge in [-0.1, -0.05) is 12.1 Å². The fourth-order valence-corrected chi connectivity index (χ4v) is 5.32. The fraction of sp³-hybridized carbons (Fsp3) is 0.472. The highest BCUT2D eigenvalue weighted by atomic mass is 16.5. The molecule has 2 aromatic rings. The van der Waals surface area contributed by atoms with Crippen LogP contribution in [0.4, 0.5) is 0 Å². The Balaban J connectivity index is 1.76. The van der Waals surface area contributed by atoms with Crippen LogP contribution in [0.2, 0.25) is 0 Å². The number of hydrogen-bond acceptors (Lipinski definition) is 11. The topological polar surface area (TPSA) is 325 Å². The predicted molar refractivity (Wildman–Crippen MR) is 190 cm³/mol. The van der Waals surface area contributed by atoms with Crippen LogP contribution in [0.15, 0.2) is 41.0 Å². The second kappa shape index (κ2) is 23.3. The summed E-state index contributed by atoms with van der Waals surface area (Å²) < 4.78 is 11.1. The van der Waals surface area contributed by atoms with Gasteiger partial charge in [-0.2, -0.15) is 0 Å². The summed E-state index contributed by atoms with van der Waals surface area (Å²) in [6, 6.07) is 5.78. The van der Waals surface area contributed by atoms with Crippen LogP contribution in [-0.2, 0) is 62.7 Å². The molecule has 2 rings (SSSR count). The monoisotopic (exact) mass is 790 g/mol. The van der Waals surface area contributed by atoms with E-state index in [1.54, 1.807) is 18.2 Å². The van der Waals surface area contributed by atoms with Crippen molar-refractivity contribution in [3.05, 3.63) is 53.5 Å². The number of ether oxygens (including phenoxy) is 1. The summed E-state index contributed by atoms with van der Waals surface area (Å²) in [5.74, 6) is -12.1. The van der Waals surface area contributed by atoms with E-state index < -0.39 is 110 Å². The summed E-state index contributed by atoms with van der Waals surface area (Å²) in [7, 11) is 0. The minimum absolute atomic E-state index is 0.175. The maximum Gasteiger partial charge on any atom is 0.326 e. The van der Waals surface area contributed by atoms with E-state index in [9.17, 15) is 63.6 Å². The van der Waals surface area contributed by atoms with Crippen LogP contribution >= 0.6 is 0 Å².